The van der Waals surface area contributed by atoms with Crippen LogP contribution >= 0.6 is 0 Å². The summed E-state index contributed by atoms with van der Waals surface area (Å²) in [5.41, 5.74) is 0.507. The number of methoxy groups -OCH3 is 2. The number of hydrogen-bond donors (Lipinski definition) is 1. The Hall–Kier alpha value is -1.66. The third kappa shape index (κ3) is 4.49. The van der Waals surface area contributed by atoms with Crippen LogP contribution in [0.2, 0.25) is 0 Å². The Balaban J connectivity index is 1.86. The van der Waals surface area contributed by atoms with Crippen LogP contribution in [-0.4, -0.2) is 38.4 Å². The van der Waals surface area contributed by atoms with E-state index in [1.807, 2.05) is 0 Å². The highest BCUT2D eigenvalue weighted by Crippen LogP contribution is 2.48. The van der Waals surface area contributed by atoms with Gasteiger partial charge in [-0.3, -0.25) is 4.79 Å². The second-order valence-corrected chi connectivity index (χ2v) is 8.49. The molecule has 1 aliphatic carbocycles. The van der Waals surface area contributed by atoms with Crippen molar-refractivity contribution in [2.75, 3.05) is 20.8 Å². The van der Waals surface area contributed by atoms with E-state index in [0.29, 0.717) is 25.4 Å². The quantitative estimate of drug-likeness (QED) is 0.793. The van der Waals surface area contributed by atoms with Gasteiger partial charge >= 0.3 is 0 Å². The molecule has 1 heterocycles. The first-order chi connectivity index (χ1) is 13.4. The fourth-order valence-electron chi connectivity index (χ4n) is 4.80. The summed E-state index contributed by atoms with van der Waals surface area (Å²) in [6.07, 6.45) is 4.00. The van der Waals surface area contributed by atoms with Crippen molar-refractivity contribution < 1.29 is 23.4 Å². The summed E-state index contributed by atoms with van der Waals surface area (Å²) in [6.45, 7) is 4.78. The lowest BCUT2D eigenvalue weighted by Gasteiger charge is -2.52. The summed E-state index contributed by atoms with van der Waals surface area (Å²) in [6, 6.07) is 4.88. The molecule has 3 rings (SSSR count). The molecule has 6 heteroatoms. The fraction of sp³-hybridized carbons (Fsp3) is 0.682. The molecule has 5 nitrogen and oxygen atoms in total. The summed E-state index contributed by atoms with van der Waals surface area (Å²) >= 11 is 0. The first-order valence-electron chi connectivity index (χ1n) is 10.1. The number of ether oxygens (including phenoxy) is 3. The number of carbonyl (C=O) groups excluding carboxylic acids is 1. The van der Waals surface area contributed by atoms with Gasteiger partial charge in [0.15, 0.2) is 11.6 Å². The number of hydrogen-bond acceptors (Lipinski definition) is 4. The number of benzene rings is 1. The van der Waals surface area contributed by atoms with Gasteiger partial charge in [0.05, 0.1) is 25.9 Å². The van der Waals surface area contributed by atoms with E-state index in [-0.39, 0.29) is 41.1 Å². The van der Waals surface area contributed by atoms with Gasteiger partial charge < -0.3 is 19.5 Å². The zero-order chi connectivity index (χ0) is 20.3. The lowest BCUT2D eigenvalue weighted by Crippen LogP contribution is -2.60. The third-order valence-corrected chi connectivity index (χ3v) is 6.33. The van der Waals surface area contributed by atoms with Crippen molar-refractivity contribution in [2.45, 2.75) is 63.7 Å². The monoisotopic (exact) mass is 393 g/mol. The summed E-state index contributed by atoms with van der Waals surface area (Å²) in [5, 5.41) is 3.28. The second-order valence-electron chi connectivity index (χ2n) is 8.49. The molecule has 1 aromatic rings. The first kappa shape index (κ1) is 21.1. The van der Waals surface area contributed by atoms with Crippen LogP contribution in [0.25, 0.3) is 0 Å². The maximum absolute atomic E-state index is 13.9. The Morgan fingerprint density at radius 1 is 1.36 bits per heavy atom. The van der Waals surface area contributed by atoms with Gasteiger partial charge in [0.2, 0.25) is 5.91 Å². The highest BCUT2D eigenvalue weighted by Gasteiger charge is 2.49. The number of rotatable bonds is 6. The van der Waals surface area contributed by atoms with Gasteiger partial charge in [-0.2, -0.15) is 0 Å². The van der Waals surface area contributed by atoms with Gasteiger partial charge in [0.1, 0.15) is 0 Å². The van der Waals surface area contributed by atoms with E-state index in [2.05, 4.69) is 19.2 Å². The minimum Gasteiger partial charge on any atom is -0.494 e. The molecule has 28 heavy (non-hydrogen) atoms. The summed E-state index contributed by atoms with van der Waals surface area (Å²) < 4.78 is 30.5. The van der Waals surface area contributed by atoms with Gasteiger partial charge in [-0.1, -0.05) is 19.4 Å². The number of amides is 1. The lowest BCUT2D eigenvalue weighted by molar-refractivity contribution is -0.154. The molecule has 0 radical (unpaired) electrons. The third-order valence-electron chi connectivity index (χ3n) is 6.33. The molecule has 0 spiro atoms. The zero-order valence-corrected chi connectivity index (χ0v) is 17.3. The number of fused-ring (bicyclic) bond motifs is 1. The van der Waals surface area contributed by atoms with Crippen molar-refractivity contribution in [3.63, 3.8) is 0 Å². The largest absolute Gasteiger partial charge is 0.494 e. The highest BCUT2D eigenvalue weighted by atomic mass is 19.1. The van der Waals surface area contributed by atoms with Crippen LogP contribution in [-0.2, 0) is 14.3 Å². The number of carbonyl (C=O) groups is 1. The topological polar surface area (TPSA) is 56.8 Å². The van der Waals surface area contributed by atoms with Gasteiger partial charge in [-0.15, -0.1) is 0 Å². The molecule has 0 bridgehead atoms. The van der Waals surface area contributed by atoms with Gasteiger partial charge in [-0.05, 0) is 43.4 Å². The molecule has 1 amide bonds. The van der Waals surface area contributed by atoms with E-state index in [9.17, 15) is 9.18 Å². The van der Waals surface area contributed by atoms with Gasteiger partial charge in [0, 0.05) is 31.4 Å². The summed E-state index contributed by atoms with van der Waals surface area (Å²) in [4.78, 5) is 12.5. The van der Waals surface area contributed by atoms with E-state index in [1.165, 1.54) is 13.2 Å². The van der Waals surface area contributed by atoms with Crippen molar-refractivity contribution in [1.82, 2.24) is 5.32 Å². The molecule has 1 aliphatic heterocycles. The Labute approximate surface area is 166 Å². The second kappa shape index (κ2) is 8.78. The van der Waals surface area contributed by atoms with Gasteiger partial charge in [-0.25, -0.2) is 4.39 Å². The molecule has 5 atom stereocenters. The lowest BCUT2D eigenvalue weighted by atomic mass is 9.66. The van der Waals surface area contributed by atoms with Crippen LogP contribution in [0.1, 0.15) is 57.6 Å². The van der Waals surface area contributed by atoms with Gasteiger partial charge in [0.25, 0.3) is 0 Å². The Morgan fingerprint density at radius 2 is 2.14 bits per heavy atom. The standard InChI is InChI=1S/C22H32FNO4/c1-14-5-7-16-18(11-14)28-20(15-6-8-17(23)19(12-15)27-4)13-22(16,2)24-21(25)9-10-26-3/h6,8,12,14,16,18,20H,5,7,9-11,13H2,1-4H3,(H,24,25)/t14-,16-,18-,20-,22+/m1/s1. The van der Waals surface area contributed by atoms with E-state index in [0.717, 1.165) is 24.8 Å². The molecule has 2 fully saturated rings. The maximum Gasteiger partial charge on any atom is 0.222 e. The molecule has 156 valence electrons. The predicted molar refractivity (Wildman–Crippen MR) is 105 cm³/mol. The maximum atomic E-state index is 13.9. The highest BCUT2D eigenvalue weighted by molar-refractivity contribution is 5.77. The molecule has 2 aliphatic rings. The van der Waals surface area contributed by atoms with Crippen molar-refractivity contribution in [2.24, 2.45) is 11.8 Å². The van der Waals surface area contributed by atoms with Crippen LogP contribution in [0.4, 0.5) is 4.39 Å². The van der Waals surface area contributed by atoms with Crippen molar-refractivity contribution in [3.8, 4) is 5.75 Å². The Bertz CT molecular complexity index is 697. The minimum atomic E-state index is -0.387. The number of nitrogens with one attached hydrogen (secondary N) is 1. The molecular weight excluding hydrogens is 361 g/mol. The molecule has 1 saturated heterocycles. The predicted octanol–water partition coefficient (Wildman–Crippen LogP) is 4.01. The minimum absolute atomic E-state index is 0.000872. The average Bonchev–Trinajstić information content (AvgIpc) is 2.66. The van der Waals surface area contributed by atoms with Crippen LogP contribution in [0, 0.1) is 17.7 Å². The van der Waals surface area contributed by atoms with E-state index < -0.39 is 0 Å². The molecule has 1 saturated carbocycles. The summed E-state index contributed by atoms with van der Waals surface area (Å²) in [5.74, 6) is 0.692. The van der Waals surface area contributed by atoms with Crippen LogP contribution in [0.3, 0.4) is 0 Å². The molecule has 0 aromatic heterocycles. The smallest absolute Gasteiger partial charge is 0.222 e. The van der Waals surface area contributed by atoms with E-state index >= 15 is 0 Å². The Kier molecular flexibility index (Phi) is 6.61. The molecule has 1 aromatic carbocycles. The van der Waals surface area contributed by atoms with Crippen molar-refractivity contribution >= 4 is 5.91 Å². The fourth-order valence-corrected chi connectivity index (χ4v) is 4.80. The van der Waals surface area contributed by atoms with Crippen LogP contribution in [0.15, 0.2) is 18.2 Å². The van der Waals surface area contributed by atoms with Crippen LogP contribution in [0.5, 0.6) is 5.75 Å². The van der Waals surface area contributed by atoms with E-state index in [1.54, 1.807) is 19.2 Å². The number of halogens is 1. The average molecular weight is 393 g/mol. The molecular formula is C22H32FNO4. The zero-order valence-electron chi connectivity index (χ0n) is 17.3. The summed E-state index contributed by atoms with van der Waals surface area (Å²) in [7, 11) is 3.06. The van der Waals surface area contributed by atoms with Crippen molar-refractivity contribution in [3.05, 3.63) is 29.6 Å². The first-order valence-corrected chi connectivity index (χ1v) is 10.1. The van der Waals surface area contributed by atoms with E-state index in [4.69, 9.17) is 14.2 Å². The molecule has 0 unspecified atom stereocenters. The van der Waals surface area contributed by atoms with Crippen LogP contribution < -0.4 is 10.1 Å². The normalized spacial score (nSPS) is 32.5. The Morgan fingerprint density at radius 3 is 2.86 bits per heavy atom. The SMILES string of the molecule is COCCC(=O)N[C@@]1(C)C[C@H](c2ccc(F)c(OC)c2)O[C@@H]2C[C@H](C)CC[C@H]21. The molecule has 1 N–H and O–H groups in total. The van der Waals surface area contributed by atoms with Crippen molar-refractivity contribution in [1.29, 1.82) is 0 Å².